The molecule has 0 bridgehead atoms. The molecule has 1 heterocycles. The summed E-state index contributed by atoms with van der Waals surface area (Å²) < 4.78 is 0. The molecule has 3 rings (SSSR count). The lowest BCUT2D eigenvalue weighted by molar-refractivity contribution is -0.108. The van der Waals surface area contributed by atoms with E-state index < -0.39 is 5.97 Å². The van der Waals surface area contributed by atoms with Gasteiger partial charge in [-0.05, 0) is 61.4 Å². The van der Waals surface area contributed by atoms with Gasteiger partial charge >= 0.3 is 5.97 Å². The van der Waals surface area contributed by atoms with Gasteiger partial charge in [-0.2, -0.15) is 0 Å². The lowest BCUT2D eigenvalue weighted by Crippen LogP contribution is -1.94. The van der Waals surface area contributed by atoms with Crippen LogP contribution in [0, 0.1) is 19.8 Å². The first-order chi connectivity index (χ1) is 11.9. The number of aliphatic hydroxyl groups is 1. The zero-order valence-corrected chi connectivity index (χ0v) is 15.6. The van der Waals surface area contributed by atoms with E-state index in [2.05, 4.69) is 0 Å². The molecular formula is C19H25NO4S. The first kappa shape index (κ1) is 20.9. The van der Waals surface area contributed by atoms with Gasteiger partial charge in [-0.25, -0.2) is 4.79 Å². The van der Waals surface area contributed by atoms with Crippen LogP contribution in [0.3, 0.4) is 0 Å². The summed E-state index contributed by atoms with van der Waals surface area (Å²) >= 11 is 1.30. The molecule has 0 spiro atoms. The highest BCUT2D eigenvalue weighted by atomic mass is 32.1. The summed E-state index contributed by atoms with van der Waals surface area (Å²) in [5.74, 6) is -0.0896. The predicted octanol–water partition coefficient (Wildman–Crippen LogP) is 3.91. The molecule has 4 N–H and O–H groups in total. The number of rotatable bonds is 4. The molecule has 1 aromatic carbocycles. The van der Waals surface area contributed by atoms with Crippen LogP contribution in [0.15, 0.2) is 24.3 Å². The van der Waals surface area contributed by atoms with Crippen LogP contribution in [0.4, 0.5) is 5.69 Å². The van der Waals surface area contributed by atoms with Crippen LogP contribution in [0.5, 0.6) is 0 Å². The third kappa shape index (κ3) is 5.99. The summed E-state index contributed by atoms with van der Waals surface area (Å²) in [5, 5.41) is 16.1. The van der Waals surface area contributed by atoms with Crippen LogP contribution in [0.25, 0.3) is 10.4 Å². The fourth-order valence-corrected chi connectivity index (χ4v) is 3.39. The number of anilines is 1. The summed E-state index contributed by atoms with van der Waals surface area (Å²) in [4.78, 5) is 22.1. The number of aldehydes is 1. The van der Waals surface area contributed by atoms with Gasteiger partial charge in [0.25, 0.3) is 0 Å². The highest BCUT2D eigenvalue weighted by Gasteiger charge is 2.19. The molecule has 1 fully saturated rings. The second-order valence-corrected chi connectivity index (χ2v) is 6.81. The van der Waals surface area contributed by atoms with Gasteiger partial charge in [0.15, 0.2) is 0 Å². The van der Waals surface area contributed by atoms with Gasteiger partial charge in [0.2, 0.25) is 0 Å². The highest BCUT2D eigenvalue weighted by molar-refractivity contribution is 7.17. The Morgan fingerprint density at radius 2 is 1.92 bits per heavy atom. The SMILES string of the molecule is CO.Cc1c(C(=O)O)sc(-c2cccc(N)c2)c1C.O=CCC1CC1. The van der Waals surface area contributed by atoms with Crippen molar-refractivity contribution in [1.29, 1.82) is 0 Å². The van der Waals surface area contributed by atoms with E-state index >= 15 is 0 Å². The Labute approximate surface area is 152 Å². The number of nitrogens with two attached hydrogens (primary N) is 1. The topological polar surface area (TPSA) is 101 Å². The van der Waals surface area contributed by atoms with Crippen molar-refractivity contribution in [1.82, 2.24) is 0 Å². The van der Waals surface area contributed by atoms with E-state index in [1.807, 2.05) is 38.1 Å². The van der Waals surface area contributed by atoms with E-state index in [1.54, 1.807) is 0 Å². The summed E-state index contributed by atoms with van der Waals surface area (Å²) in [6.07, 6.45) is 4.40. The number of hydrogen-bond donors (Lipinski definition) is 3. The van der Waals surface area contributed by atoms with Gasteiger partial charge in [-0.1, -0.05) is 12.1 Å². The molecule has 1 aliphatic rings. The summed E-state index contributed by atoms with van der Waals surface area (Å²) in [6.45, 7) is 3.78. The number of carboxylic acids is 1. The van der Waals surface area contributed by atoms with Crippen LogP contribution in [-0.4, -0.2) is 29.6 Å². The first-order valence-corrected chi connectivity index (χ1v) is 8.83. The zero-order valence-electron chi connectivity index (χ0n) is 14.8. The van der Waals surface area contributed by atoms with E-state index in [4.69, 9.17) is 15.9 Å². The molecule has 1 aromatic heterocycles. The fraction of sp³-hybridized carbons (Fsp3) is 0.368. The number of carbonyl (C=O) groups is 2. The molecule has 2 aromatic rings. The standard InChI is InChI=1S/C13H13NO2S.C5H8O.CH4O/c1-7-8(2)12(13(15)16)17-11(7)9-4-3-5-10(14)6-9;6-4-3-5-1-2-5;1-2/h3-6H,14H2,1-2H3,(H,15,16);4-5H,1-3H2;2H,1H3. The van der Waals surface area contributed by atoms with Gasteiger partial charge in [0.05, 0.1) is 0 Å². The molecule has 0 saturated heterocycles. The molecule has 0 aliphatic heterocycles. The maximum atomic E-state index is 11.1. The molecule has 25 heavy (non-hydrogen) atoms. The molecule has 0 radical (unpaired) electrons. The number of carboxylic acid groups (broad SMARTS) is 1. The maximum Gasteiger partial charge on any atom is 0.346 e. The molecule has 6 heteroatoms. The maximum absolute atomic E-state index is 11.1. The minimum absolute atomic E-state index is 0.403. The van der Waals surface area contributed by atoms with Crippen molar-refractivity contribution in [3.63, 3.8) is 0 Å². The quantitative estimate of drug-likeness (QED) is 0.565. The van der Waals surface area contributed by atoms with E-state index in [9.17, 15) is 9.59 Å². The predicted molar refractivity (Wildman–Crippen MR) is 102 cm³/mol. The summed E-state index contributed by atoms with van der Waals surface area (Å²) in [7, 11) is 1.00. The second kappa shape index (κ2) is 9.96. The Morgan fingerprint density at radius 3 is 2.32 bits per heavy atom. The molecule has 0 amide bonds. The Bertz CT molecular complexity index is 720. The average molecular weight is 363 g/mol. The van der Waals surface area contributed by atoms with Crippen LogP contribution in [0.1, 0.15) is 40.1 Å². The number of aliphatic hydroxyl groups excluding tert-OH is 1. The average Bonchev–Trinajstić information content (AvgIpc) is 3.36. The van der Waals surface area contributed by atoms with Crippen molar-refractivity contribution in [2.45, 2.75) is 33.1 Å². The number of hydrogen-bond acceptors (Lipinski definition) is 5. The highest BCUT2D eigenvalue weighted by Crippen LogP contribution is 2.36. The Morgan fingerprint density at radius 1 is 1.28 bits per heavy atom. The molecule has 1 saturated carbocycles. The Balaban J connectivity index is 0.000000326. The van der Waals surface area contributed by atoms with Crippen LogP contribution >= 0.6 is 11.3 Å². The van der Waals surface area contributed by atoms with E-state index in [0.29, 0.717) is 10.6 Å². The van der Waals surface area contributed by atoms with Crippen molar-refractivity contribution >= 4 is 29.3 Å². The summed E-state index contributed by atoms with van der Waals surface area (Å²) in [5.41, 5.74) is 9.24. The van der Waals surface area contributed by atoms with Gasteiger partial charge in [0, 0.05) is 24.1 Å². The third-order valence-corrected chi connectivity index (χ3v) is 5.35. The van der Waals surface area contributed by atoms with Crippen LogP contribution in [0.2, 0.25) is 0 Å². The number of thiophene rings is 1. The number of nitrogen functional groups attached to an aromatic ring is 1. The van der Waals surface area contributed by atoms with Crippen molar-refractivity contribution in [2.24, 2.45) is 5.92 Å². The lowest BCUT2D eigenvalue weighted by atomic mass is 10.1. The van der Waals surface area contributed by atoms with Gasteiger partial charge in [0.1, 0.15) is 11.2 Å². The van der Waals surface area contributed by atoms with Crippen molar-refractivity contribution in [2.75, 3.05) is 12.8 Å². The Kier molecular flexibility index (Phi) is 8.31. The number of aromatic carboxylic acids is 1. The number of benzene rings is 1. The van der Waals surface area contributed by atoms with Gasteiger partial charge in [-0.3, -0.25) is 0 Å². The largest absolute Gasteiger partial charge is 0.477 e. The minimum atomic E-state index is -0.870. The molecule has 0 unspecified atom stereocenters. The van der Waals surface area contributed by atoms with Gasteiger partial charge < -0.3 is 20.7 Å². The molecule has 1 aliphatic carbocycles. The smallest absolute Gasteiger partial charge is 0.346 e. The van der Waals surface area contributed by atoms with Crippen LogP contribution < -0.4 is 5.73 Å². The molecule has 0 atom stereocenters. The van der Waals surface area contributed by atoms with E-state index in [0.717, 1.165) is 47.3 Å². The lowest BCUT2D eigenvalue weighted by Gasteiger charge is -2.01. The molecular weight excluding hydrogens is 338 g/mol. The molecule has 5 nitrogen and oxygen atoms in total. The van der Waals surface area contributed by atoms with Crippen molar-refractivity contribution in [3.8, 4) is 10.4 Å². The minimum Gasteiger partial charge on any atom is -0.477 e. The molecule has 136 valence electrons. The van der Waals surface area contributed by atoms with E-state index in [-0.39, 0.29) is 0 Å². The zero-order chi connectivity index (χ0) is 19.0. The van der Waals surface area contributed by atoms with Crippen molar-refractivity contribution < 1.29 is 19.8 Å². The second-order valence-electron chi connectivity index (χ2n) is 5.79. The van der Waals surface area contributed by atoms with E-state index in [1.165, 1.54) is 24.2 Å². The van der Waals surface area contributed by atoms with Gasteiger partial charge in [-0.15, -0.1) is 11.3 Å². The number of carbonyl (C=O) groups excluding carboxylic acids is 1. The van der Waals surface area contributed by atoms with Crippen molar-refractivity contribution in [3.05, 3.63) is 40.3 Å². The first-order valence-electron chi connectivity index (χ1n) is 8.01. The summed E-state index contributed by atoms with van der Waals surface area (Å²) in [6, 6.07) is 7.50. The van der Waals surface area contributed by atoms with Crippen LogP contribution in [-0.2, 0) is 4.79 Å². The normalized spacial score (nSPS) is 12.3. The monoisotopic (exact) mass is 363 g/mol. The third-order valence-electron chi connectivity index (χ3n) is 3.92. The Hall–Kier alpha value is -2.18. The fourth-order valence-electron chi connectivity index (χ4n) is 2.24.